The summed E-state index contributed by atoms with van der Waals surface area (Å²) in [7, 11) is 0. The van der Waals surface area contributed by atoms with Crippen molar-refractivity contribution in [2.24, 2.45) is 0 Å². The summed E-state index contributed by atoms with van der Waals surface area (Å²) in [6.45, 7) is 0. The molecule has 26 heavy (non-hydrogen) atoms. The van der Waals surface area contributed by atoms with Gasteiger partial charge in [0, 0.05) is 17.9 Å². The van der Waals surface area contributed by atoms with Gasteiger partial charge in [0.05, 0.1) is 22.4 Å². The number of carboxylic acid groups (broad SMARTS) is 1. The Kier molecular flexibility index (Phi) is 6.57. The number of nitrogens with one attached hydrogen (secondary N) is 1. The van der Waals surface area contributed by atoms with Crippen molar-refractivity contribution >= 4 is 81.3 Å². The van der Waals surface area contributed by atoms with Crippen LogP contribution in [0.3, 0.4) is 0 Å². The van der Waals surface area contributed by atoms with Crippen LogP contribution in [0.15, 0.2) is 42.2 Å². The number of alkyl halides is 3. The molecule has 4 nitrogen and oxygen atoms in total. The highest BCUT2D eigenvalue weighted by molar-refractivity contribution is 9.15. The number of aromatic carboxylic acids is 1. The molecule has 0 aliphatic rings. The lowest BCUT2D eigenvalue weighted by atomic mass is 10.1. The second kappa shape index (κ2) is 7.99. The van der Waals surface area contributed by atoms with Gasteiger partial charge in [0.2, 0.25) is 0 Å². The molecular formula is C15H6Br4F3NO3. The van der Waals surface area contributed by atoms with Crippen LogP contribution in [0.4, 0.5) is 18.9 Å². The van der Waals surface area contributed by atoms with Crippen molar-refractivity contribution in [3.8, 4) is 0 Å². The molecule has 11 heteroatoms. The number of amides is 1. The van der Waals surface area contributed by atoms with Crippen LogP contribution in [-0.4, -0.2) is 17.0 Å². The quantitative estimate of drug-likeness (QED) is 0.295. The van der Waals surface area contributed by atoms with Gasteiger partial charge in [-0.25, -0.2) is 4.79 Å². The zero-order chi connectivity index (χ0) is 19.8. The Hall–Kier alpha value is -0.910. The Morgan fingerprint density at radius 1 is 0.885 bits per heavy atom. The van der Waals surface area contributed by atoms with E-state index >= 15 is 0 Å². The maximum atomic E-state index is 13.1. The number of benzene rings is 2. The van der Waals surface area contributed by atoms with E-state index < -0.39 is 34.9 Å². The molecule has 0 atom stereocenters. The van der Waals surface area contributed by atoms with E-state index in [2.05, 4.69) is 69.0 Å². The lowest BCUT2D eigenvalue weighted by Gasteiger charge is -2.17. The Labute approximate surface area is 178 Å². The summed E-state index contributed by atoms with van der Waals surface area (Å²) in [5.41, 5.74) is -2.27. The van der Waals surface area contributed by atoms with Crippen molar-refractivity contribution in [2.75, 3.05) is 5.32 Å². The number of hydrogen-bond acceptors (Lipinski definition) is 2. The van der Waals surface area contributed by atoms with E-state index in [9.17, 15) is 27.9 Å². The van der Waals surface area contributed by atoms with Crippen LogP contribution in [0.5, 0.6) is 0 Å². The molecule has 0 radical (unpaired) electrons. The number of hydrogen-bond donors (Lipinski definition) is 2. The molecule has 0 saturated heterocycles. The van der Waals surface area contributed by atoms with E-state index in [0.29, 0.717) is 8.95 Å². The van der Waals surface area contributed by atoms with Crippen LogP contribution < -0.4 is 5.32 Å². The van der Waals surface area contributed by atoms with Crippen molar-refractivity contribution in [1.82, 2.24) is 0 Å². The van der Waals surface area contributed by atoms with Crippen LogP contribution >= 0.6 is 63.7 Å². The number of halogens is 7. The van der Waals surface area contributed by atoms with Gasteiger partial charge in [-0.2, -0.15) is 13.2 Å². The molecule has 0 spiro atoms. The van der Waals surface area contributed by atoms with Crippen LogP contribution in [0.1, 0.15) is 26.3 Å². The van der Waals surface area contributed by atoms with E-state index in [-0.39, 0.29) is 14.5 Å². The van der Waals surface area contributed by atoms with Gasteiger partial charge in [-0.05, 0) is 75.9 Å². The van der Waals surface area contributed by atoms with E-state index in [1.165, 1.54) is 12.1 Å². The molecule has 0 aliphatic heterocycles. The van der Waals surface area contributed by atoms with E-state index in [1.54, 1.807) is 0 Å². The summed E-state index contributed by atoms with van der Waals surface area (Å²) in [4.78, 5) is 24.2. The van der Waals surface area contributed by atoms with Crippen LogP contribution in [0.2, 0.25) is 0 Å². The lowest BCUT2D eigenvalue weighted by Crippen LogP contribution is -2.20. The summed E-state index contributed by atoms with van der Waals surface area (Å²) in [6, 6.07) is 4.41. The maximum Gasteiger partial charge on any atom is 0.418 e. The van der Waals surface area contributed by atoms with Crippen LogP contribution in [-0.2, 0) is 6.18 Å². The fraction of sp³-hybridized carbons (Fsp3) is 0.0667. The fourth-order valence-corrected chi connectivity index (χ4v) is 4.54. The molecule has 0 bridgehead atoms. The minimum atomic E-state index is -4.68. The Balaban J connectivity index is 2.62. The molecule has 1 amide bonds. The van der Waals surface area contributed by atoms with E-state index in [1.807, 2.05) is 0 Å². The first-order chi connectivity index (χ1) is 12.0. The summed E-state index contributed by atoms with van der Waals surface area (Å²) in [6.07, 6.45) is -4.68. The number of rotatable bonds is 3. The summed E-state index contributed by atoms with van der Waals surface area (Å²) in [5.74, 6) is -2.44. The molecule has 2 rings (SSSR count). The summed E-state index contributed by atoms with van der Waals surface area (Å²) >= 11 is 12.5. The van der Waals surface area contributed by atoms with Gasteiger partial charge in [-0.15, -0.1) is 0 Å². The molecule has 0 aliphatic carbocycles. The number of carboxylic acids is 1. The van der Waals surface area contributed by atoms with Crippen molar-refractivity contribution in [3.05, 3.63) is 58.8 Å². The Morgan fingerprint density at radius 2 is 1.38 bits per heavy atom. The number of para-hydroxylation sites is 1. The summed E-state index contributed by atoms with van der Waals surface area (Å²) in [5, 5.41) is 11.6. The first-order valence-corrected chi connectivity index (χ1v) is 9.70. The van der Waals surface area contributed by atoms with Gasteiger partial charge < -0.3 is 10.4 Å². The second-order valence-corrected chi connectivity index (χ2v) is 7.98. The maximum absolute atomic E-state index is 13.1. The molecule has 138 valence electrons. The monoisotopic (exact) mass is 621 g/mol. The van der Waals surface area contributed by atoms with Gasteiger partial charge >= 0.3 is 12.1 Å². The molecule has 2 aromatic carbocycles. The van der Waals surface area contributed by atoms with Gasteiger partial charge in [0.1, 0.15) is 0 Å². The second-order valence-electron chi connectivity index (χ2n) is 4.81. The van der Waals surface area contributed by atoms with Crippen molar-refractivity contribution in [2.45, 2.75) is 6.18 Å². The van der Waals surface area contributed by atoms with Crippen molar-refractivity contribution in [1.29, 1.82) is 0 Å². The lowest BCUT2D eigenvalue weighted by molar-refractivity contribution is -0.136. The molecule has 0 unspecified atom stereocenters. The molecule has 0 heterocycles. The predicted octanol–water partition coefficient (Wildman–Crippen LogP) is 6.71. The first kappa shape index (κ1) is 21.4. The standard InChI is InChI=1S/C15H6Br4F3NO3/c16-9-7(8(14(25)26)10(17)12(19)11(9)18)13(24)23-6-4-2-1-3-5(6)15(20,21)22/h1-4H,(H,23,24)(H,25,26). The average Bonchev–Trinajstić information content (AvgIpc) is 2.55. The van der Waals surface area contributed by atoms with Crippen LogP contribution in [0, 0.1) is 0 Å². The third-order valence-corrected chi connectivity index (χ3v) is 7.96. The first-order valence-electron chi connectivity index (χ1n) is 6.53. The molecule has 0 aromatic heterocycles. The number of carbonyl (C=O) groups excluding carboxylic acids is 1. The van der Waals surface area contributed by atoms with Gasteiger partial charge in [-0.3, -0.25) is 4.79 Å². The topological polar surface area (TPSA) is 66.4 Å². The zero-order valence-electron chi connectivity index (χ0n) is 12.2. The van der Waals surface area contributed by atoms with E-state index in [0.717, 1.165) is 12.1 Å². The van der Waals surface area contributed by atoms with Crippen LogP contribution in [0.25, 0.3) is 0 Å². The predicted molar refractivity (Wildman–Crippen MR) is 104 cm³/mol. The highest BCUT2D eigenvalue weighted by Gasteiger charge is 2.34. The third-order valence-electron chi connectivity index (χ3n) is 3.19. The Bertz CT molecular complexity index is 916. The summed E-state index contributed by atoms with van der Waals surface area (Å²) < 4.78 is 40.1. The number of anilines is 1. The molecule has 0 fully saturated rings. The smallest absolute Gasteiger partial charge is 0.418 e. The van der Waals surface area contributed by atoms with Gasteiger partial charge in [-0.1, -0.05) is 12.1 Å². The average molecular weight is 625 g/mol. The van der Waals surface area contributed by atoms with E-state index in [4.69, 9.17) is 0 Å². The zero-order valence-corrected chi connectivity index (χ0v) is 18.6. The van der Waals surface area contributed by atoms with Gasteiger partial charge in [0.15, 0.2) is 0 Å². The SMILES string of the molecule is O=C(O)c1c(Br)c(Br)c(Br)c(Br)c1C(=O)Nc1ccccc1C(F)(F)F. The van der Waals surface area contributed by atoms with Crippen molar-refractivity contribution < 1.29 is 27.9 Å². The van der Waals surface area contributed by atoms with Crippen molar-refractivity contribution in [3.63, 3.8) is 0 Å². The Morgan fingerprint density at radius 3 is 1.88 bits per heavy atom. The van der Waals surface area contributed by atoms with Gasteiger partial charge in [0.25, 0.3) is 5.91 Å². The fourth-order valence-electron chi connectivity index (χ4n) is 2.07. The molecule has 0 saturated carbocycles. The largest absolute Gasteiger partial charge is 0.478 e. The highest BCUT2D eigenvalue weighted by atomic mass is 79.9. The molecular weight excluding hydrogens is 619 g/mol. The third kappa shape index (κ3) is 4.15. The highest BCUT2D eigenvalue weighted by Crippen LogP contribution is 2.43. The molecule has 2 N–H and O–H groups in total. The minimum Gasteiger partial charge on any atom is -0.478 e. The minimum absolute atomic E-state index is 0.0642. The molecule has 2 aromatic rings. The normalized spacial score (nSPS) is 11.3. The number of carbonyl (C=O) groups is 2.